The van der Waals surface area contributed by atoms with Gasteiger partial charge in [-0.25, -0.2) is 8.78 Å². The minimum Gasteiger partial charge on any atom is -0.368 e. The van der Waals surface area contributed by atoms with Crippen LogP contribution >= 0.6 is 0 Å². The summed E-state index contributed by atoms with van der Waals surface area (Å²) in [6, 6.07) is 17.4. The number of carbonyl (C=O) groups is 2. The van der Waals surface area contributed by atoms with E-state index in [0.717, 1.165) is 6.07 Å². The normalized spacial score (nSPS) is 16.0. The van der Waals surface area contributed by atoms with E-state index in [9.17, 15) is 18.4 Å². The van der Waals surface area contributed by atoms with Crippen molar-refractivity contribution in [2.24, 2.45) is 5.73 Å². The van der Waals surface area contributed by atoms with Gasteiger partial charge in [0.15, 0.2) is 0 Å². The molecule has 3 aromatic rings. The van der Waals surface area contributed by atoms with Crippen LogP contribution in [0.3, 0.4) is 0 Å². The standard InChI is InChI=1S/C24H20F2N2O2/c25-18-13-17-11-12-20(21(17)19(26)14-18)28(24(30)16-9-5-2-6-10-16)22(23(27)29)15-7-3-1-4-8-15/h1-10,13-14,20,22H,11-12H2,(H2,27,29)/t20-,22?/m1/s1. The van der Waals surface area contributed by atoms with Gasteiger partial charge in [-0.1, -0.05) is 48.5 Å². The van der Waals surface area contributed by atoms with Crippen LogP contribution in [0.5, 0.6) is 0 Å². The zero-order valence-electron chi connectivity index (χ0n) is 16.1. The first-order valence-electron chi connectivity index (χ1n) is 9.67. The number of aryl methyl sites for hydroxylation is 1. The molecule has 0 spiro atoms. The van der Waals surface area contributed by atoms with E-state index >= 15 is 0 Å². The van der Waals surface area contributed by atoms with Crippen LogP contribution in [-0.2, 0) is 11.2 Å². The third kappa shape index (κ3) is 3.56. The van der Waals surface area contributed by atoms with E-state index in [1.165, 1.54) is 11.0 Å². The number of primary amides is 1. The highest BCUT2D eigenvalue weighted by atomic mass is 19.1. The lowest BCUT2D eigenvalue weighted by molar-refractivity contribution is -0.123. The van der Waals surface area contributed by atoms with Crippen molar-refractivity contribution in [3.63, 3.8) is 0 Å². The van der Waals surface area contributed by atoms with Gasteiger partial charge in [0, 0.05) is 17.2 Å². The van der Waals surface area contributed by atoms with Gasteiger partial charge < -0.3 is 10.6 Å². The van der Waals surface area contributed by atoms with E-state index < -0.39 is 35.5 Å². The highest BCUT2D eigenvalue weighted by Gasteiger charge is 2.40. The maximum absolute atomic E-state index is 14.8. The summed E-state index contributed by atoms with van der Waals surface area (Å²) in [7, 11) is 0. The molecule has 2 amide bonds. The van der Waals surface area contributed by atoms with Gasteiger partial charge >= 0.3 is 0 Å². The lowest BCUT2D eigenvalue weighted by Gasteiger charge is -2.36. The first-order valence-corrected chi connectivity index (χ1v) is 9.67. The topological polar surface area (TPSA) is 63.4 Å². The summed E-state index contributed by atoms with van der Waals surface area (Å²) in [4.78, 5) is 27.5. The molecule has 0 bridgehead atoms. The third-order valence-electron chi connectivity index (χ3n) is 5.45. The zero-order chi connectivity index (χ0) is 21.3. The fourth-order valence-electron chi connectivity index (χ4n) is 4.20. The van der Waals surface area contributed by atoms with E-state index in [1.54, 1.807) is 60.7 Å². The Morgan fingerprint density at radius 1 is 0.967 bits per heavy atom. The largest absolute Gasteiger partial charge is 0.368 e. The Kier molecular flexibility index (Phi) is 5.31. The number of nitrogens with two attached hydrogens (primary N) is 1. The predicted octanol–water partition coefficient (Wildman–Crippen LogP) is 4.32. The molecule has 4 rings (SSSR count). The molecule has 0 fully saturated rings. The smallest absolute Gasteiger partial charge is 0.255 e. The molecule has 1 aliphatic carbocycles. The van der Waals surface area contributed by atoms with Gasteiger partial charge in [-0.3, -0.25) is 9.59 Å². The summed E-state index contributed by atoms with van der Waals surface area (Å²) in [5.74, 6) is -2.55. The Labute approximate surface area is 172 Å². The SMILES string of the molecule is NC(=O)C(c1ccccc1)N(C(=O)c1ccccc1)[C@@H]1CCc2cc(F)cc(F)c21. The molecule has 0 saturated heterocycles. The molecule has 2 atom stereocenters. The summed E-state index contributed by atoms with van der Waals surface area (Å²) < 4.78 is 28.5. The second-order valence-electron chi connectivity index (χ2n) is 7.31. The summed E-state index contributed by atoms with van der Waals surface area (Å²) in [5, 5.41) is 0. The molecule has 0 saturated carbocycles. The van der Waals surface area contributed by atoms with Crippen molar-refractivity contribution in [2.75, 3.05) is 0 Å². The minimum absolute atomic E-state index is 0.239. The molecule has 1 aliphatic rings. The first-order chi connectivity index (χ1) is 14.5. The van der Waals surface area contributed by atoms with Crippen LogP contribution < -0.4 is 5.73 Å². The second-order valence-corrected chi connectivity index (χ2v) is 7.31. The van der Waals surface area contributed by atoms with E-state index in [2.05, 4.69) is 0 Å². The number of amides is 2. The number of hydrogen-bond acceptors (Lipinski definition) is 2. The van der Waals surface area contributed by atoms with Gasteiger partial charge in [-0.05, 0) is 42.2 Å². The van der Waals surface area contributed by atoms with Crippen LogP contribution in [-0.4, -0.2) is 16.7 Å². The minimum atomic E-state index is -1.10. The number of fused-ring (bicyclic) bond motifs is 1. The van der Waals surface area contributed by atoms with Gasteiger partial charge in [0.2, 0.25) is 5.91 Å². The molecule has 0 aromatic heterocycles. The van der Waals surface area contributed by atoms with Gasteiger partial charge in [-0.15, -0.1) is 0 Å². The van der Waals surface area contributed by atoms with Crippen molar-refractivity contribution < 1.29 is 18.4 Å². The fourth-order valence-corrected chi connectivity index (χ4v) is 4.20. The summed E-state index contributed by atoms with van der Waals surface area (Å²) >= 11 is 0. The summed E-state index contributed by atoms with van der Waals surface area (Å²) in [6.07, 6.45) is 0.762. The number of hydrogen-bond donors (Lipinski definition) is 1. The average Bonchev–Trinajstić information content (AvgIpc) is 3.16. The van der Waals surface area contributed by atoms with Gasteiger partial charge in [-0.2, -0.15) is 0 Å². The molecule has 0 heterocycles. The highest BCUT2D eigenvalue weighted by molar-refractivity contribution is 5.98. The maximum Gasteiger partial charge on any atom is 0.255 e. The number of rotatable bonds is 5. The average molecular weight is 406 g/mol. The van der Waals surface area contributed by atoms with Crippen LogP contribution in [0.25, 0.3) is 0 Å². The number of halogens is 2. The Balaban J connectivity index is 1.88. The lowest BCUT2D eigenvalue weighted by Crippen LogP contribution is -2.43. The molecule has 4 nitrogen and oxygen atoms in total. The Hall–Kier alpha value is -3.54. The number of benzene rings is 3. The molecule has 30 heavy (non-hydrogen) atoms. The Morgan fingerprint density at radius 3 is 2.23 bits per heavy atom. The van der Waals surface area contributed by atoms with E-state index in [4.69, 9.17) is 5.73 Å². The van der Waals surface area contributed by atoms with Crippen LogP contribution in [0.2, 0.25) is 0 Å². The molecule has 6 heteroatoms. The molecular formula is C24H20F2N2O2. The molecule has 2 N–H and O–H groups in total. The van der Waals surface area contributed by atoms with E-state index in [-0.39, 0.29) is 5.56 Å². The quantitative estimate of drug-likeness (QED) is 0.686. The first kappa shape index (κ1) is 19.8. The van der Waals surface area contributed by atoms with Crippen molar-refractivity contribution in [3.8, 4) is 0 Å². The summed E-state index contributed by atoms with van der Waals surface area (Å²) in [6.45, 7) is 0. The monoisotopic (exact) mass is 406 g/mol. The number of carbonyl (C=O) groups excluding carboxylic acids is 2. The predicted molar refractivity (Wildman–Crippen MR) is 108 cm³/mol. The molecule has 0 aliphatic heterocycles. The van der Waals surface area contributed by atoms with Crippen LogP contribution in [0.15, 0.2) is 72.8 Å². The zero-order valence-corrected chi connectivity index (χ0v) is 16.1. The fraction of sp³-hybridized carbons (Fsp3) is 0.167. The van der Waals surface area contributed by atoms with Crippen molar-refractivity contribution in [2.45, 2.75) is 24.9 Å². The third-order valence-corrected chi connectivity index (χ3v) is 5.45. The Morgan fingerprint density at radius 2 is 1.60 bits per heavy atom. The molecule has 1 unspecified atom stereocenters. The van der Waals surface area contributed by atoms with Crippen LogP contribution in [0, 0.1) is 11.6 Å². The maximum atomic E-state index is 14.8. The highest BCUT2D eigenvalue weighted by Crippen LogP contribution is 2.42. The van der Waals surface area contributed by atoms with Crippen LogP contribution in [0.4, 0.5) is 8.78 Å². The van der Waals surface area contributed by atoms with Crippen molar-refractivity contribution in [1.29, 1.82) is 0 Å². The van der Waals surface area contributed by atoms with Crippen LogP contribution in [0.1, 0.15) is 45.6 Å². The summed E-state index contributed by atoms with van der Waals surface area (Å²) in [5.41, 5.74) is 7.38. The molecule has 152 valence electrons. The van der Waals surface area contributed by atoms with E-state index in [0.29, 0.717) is 29.5 Å². The lowest BCUT2D eigenvalue weighted by atomic mass is 9.97. The molecular weight excluding hydrogens is 386 g/mol. The second kappa shape index (κ2) is 8.06. The molecule has 3 aromatic carbocycles. The van der Waals surface area contributed by atoms with Gasteiger partial charge in [0.05, 0.1) is 6.04 Å². The Bertz CT molecular complexity index is 1090. The number of nitrogens with zero attached hydrogens (tertiary/aromatic N) is 1. The van der Waals surface area contributed by atoms with Crippen molar-refractivity contribution >= 4 is 11.8 Å². The van der Waals surface area contributed by atoms with Crippen molar-refractivity contribution in [3.05, 3.63) is 107 Å². The van der Waals surface area contributed by atoms with Crippen molar-refractivity contribution in [1.82, 2.24) is 4.90 Å². The van der Waals surface area contributed by atoms with E-state index in [1.807, 2.05) is 0 Å². The molecule has 0 radical (unpaired) electrons. The van der Waals surface area contributed by atoms with Gasteiger partial charge in [0.25, 0.3) is 5.91 Å². The van der Waals surface area contributed by atoms with Gasteiger partial charge in [0.1, 0.15) is 17.7 Å².